The van der Waals surface area contributed by atoms with E-state index in [1.54, 1.807) is 12.1 Å². The third-order valence-electron chi connectivity index (χ3n) is 4.07. The van der Waals surface area contributed by atoms with Crippen molar-refractivity contribution in [3.63, 3.8) is 0 Å². The molecule has 3 nitrogen and oxygen atoms in total. The molecule has 1 aliphatic heterocycles. The van der Waals surface area contributed by atoms with Crippen molar-refractivity contribution >= 4 is 5.91 Å². The van der Waals surface area contributed by atoms with Crippen LogP contribution < -0.4 is 5.32 Å². The zero-order chi connectivity index (χ0) is 13.4. The summed E-state index contributed by atoms with van der Waals surface area (Å²) in [5.41, 5.74) is 0.988. The number of rotatable bonds is 4. The summed E-state index contributed by atoms with van der Waals surface area (Å²) in [5, 5.41) is 3.40. The number of nitrogens with zero attached hydrogens (tertiary/aromatic N) is 1. The van der Waals surface area contributed by atoms with Crippen molar-refractivity contribution in [1.82, 2.24) is 10.2 Å². The van der Waals surface area contributed by atoms with Crippen LogP contribution in [-0.4, -0.2) is 29.4 Å². The lowest BCUT2D eigenvalue weighted by Gasteiger charge is -2.25. The number of carbonyl (C=O) groups excluding carboxylic acids is 1. The molecule has 1 saturated heterocycles. The molecular formula is C15H19FN2O. The molecular weight excluding hydrogens is 243 g/mol. The summed E-state index contributed by atoms with van der Waals surface area (Å²) in [4.78, 5) is 14.2. The fourth-order valence-electron chi connectivity index (χ4n) is 2.70. The Hall–Kier alpha value is -1.42. The molecule has 102 valence electrons. The standard InChI is InChI=1S/C15H19FN2O/c1-10(11-2-4-12(16)5-3-11)18-9-8-14(15(18)19)17-13-6-7-13/h2-5,10,13-14,17H,6-9H2,1H3. The van der Waals surface area contributed by atoms with Crippen molar-refractivity contribution in [3.05, 3.63) is 35.6 Å². The number of likely N-dealkylation sites (tertiary alicyclic amines) is 1. The average molecular weight is 262 g/mol. The van der Waals surface area contributed by atoms with Crippen LogP contribution in [0.3, 0.4) is 0 Å². The molecule has 0 aromatic heterocycles. The maximum absolute atomic E-state index is 12.9. The molecule has 1 heterocycles. The fourth-order valence-corrected chi connectivity index (χ4v) is 2.70. The molecule has 1 aliphatic carbocycles. The van der Waals surface area contributed by atoms with Crippen molar-refractivity contribution < 1.29 is 9.18 Å². The van der Waals surface area contributed by atoms with Crippen LogP contribution >= 0.6 is 0 Å². The van der Waals surface area contributed by atoms with E-state index in [4.69, 9.17) is 0 Å². The van der Waals surface area contributed by atoms with Gasteiger partial charge in [0.2, 0.25) is 5.91 Å². The van der Waals surface area contributed by atoms with Crippen molar-refractivity contribution in [2.24, 2.45) is 0 Å². The molecule has 1 aromatic rings. The van der Waals surface area contributed by atoms with Crippen molar-refractivity contribution in [1.29, 1.82) is 0 Å². The van der Waals surface area contributed by atoms with Crippen LogP contribution in [0.5, 0.6) is 0 Å². The molecule has 0 radical (unpaired) electrons. The molecule has 2 aliphatic rings. The summed E-state index contributed by atoms with van der Waals surface area (Å²) >= 11 is 0. The highest BCUT2D eigenvalue weighted by Crippen LogP contribution is 2.28. The van der Waals surface area contributed by atoms with Crippen LogP contribution in [0.4, 0.5) is 4.39 Å². The van der Waals surface area contributed by atoms with Crippen molar-refractivity contribution in [2.75, 3.05) is 6.54 Å². The molecule has 19 heavy (non-hydrogen) atoms. The van der Waals surface area contributed by atoms with Crippen LogP contribution in [0.2, 0.25) is 0 Å². The number of benzene rings is 1. The summed E-state index contributed by atoms with van der Waals surface area (Å²) in [7, 11) is 0. The second-order valence-electron chi connectivity index (χ2n) is 5.54. The third-order valence-corrected chi connectivity index (χ3v) is 4.07. The lowest BCUT2D eigenvalue weighted by Crippen LogP contribution is -2.40. The lowest BCUT2D eigenvalue weighted by atomic mass is 10.1. The maximum atomic E-state index is 12.9. The molecule has 2 fully saturated rings. The van der Waals surface area contributed by atoms with Gasteiger partial charge in [0.1, 0.15) is 5.82 Å². The van der Waals surface area contributed by atoms with Crippen molar-refractivity contribution in [3.8, 4) is 0 Å². The van der Waals surface area contributed by atoms with E-state index in [0.29, 0.717) is 6.04 Å². The first-order valence-corrected chi connectivity index (χ1v) is 6.97. The van der Waals surface area contributed by atoms with Gasteiger partial charge in [-0.3, -0.25) is 4.79 Å². The van der Waals surface area contributed by atoms with Crippen molar-refractivity contribution in [2.45, 2.75) is 44.3 Å². The Kier molecular flexibility index (Phi) is 3.27. The minimum Gasteiger partial charge on any atom is -0.335 e. The first-order chi connectivity index (χ1) is 9.15. The van der Waals surface area contributed by atoms with Gasteiger partial charge in [-0.25, -0.2) is 4.39 Å². The van der Waals surface area contributed by atoms with Gasteiger partial charge >= 0.3 is 0 Å². The second-order valence-corrected chi connectivity index (χ2v) is 5.54. The van der Waals surface area contributed by atoms with Gasteiger partial charge in [-0.15, -0.1) is 0 Å². The molecule has 0 bridgehead atoms. The number of amides is 1. The average Bonchev–Trinajstić information content (AvgIpc) is 3.15. The Labute approximate surface area is 112 Å². The number of carbonyl (C=O) groups is 1. The molecule has 2 unspecified atom stereocenters. The van der Waals surface area contributed by atoms with E-state index in [9.17, 15) is 9.18 Å². The molecule has 4 heteroatoms. The van der Waals surface area contributed by atoms with Crippen LogP contribution in [0.15, 0.2) is 24.3 Å². The quantitative estimate of drug-likeness (QED) is 0.902. The predicted octanol–water partition coefficient (Wildman–Crippen LogP) is 2.24. The van der Waals surface area contributed by atoms with Crippen LogP contribution in [0.1, 0.15) is 37.8 Å². The number of hydrogen-bond donors (Lipinski definition) is 1. The monoisotopic (exact) mass is 262 g/mol. The molecule has 1 N–H and O–H groups in total. The predicted molar refractivity (Wildman–Crippen MR) is 71.1 cm³/mol. The molecule has 0 spiro atoms. The zero-order valence-corrected chi connectivity index (χ0v) is 11.1. The highest BCUT2D eigenvalue weighted by molar-refractivity contribution is 5.84. The second kappa shape index (κ2) is 4.93. The minimum atomic E-state index is -0.239. The highest BCUT2D eigenvalue weighted by Gasteiger charge is 2.37. The van der Waals surface area contributed by atoms with E-state index in [1.807, 2.05) is 11.8 Å². The highest BCUT2D eigenvalue weighted by atomic mass is 19.1. The molecule has 3 rings (SSSR count). The molecule has 1 amide bonds. The van der Waals surface area contributed by atoms with Gasteiger partial charge in [-0.2, -0.15) is 0 Å². The van der Waals surface area contributed by atoms with E-state index in [-0.39, 0.29) is 23.8 Å². The summed E-state index contributed by atoms with van der Waals surface area (Å²) < 4.78 is 12.9. The largest absolute Gasteiger partial charge is 0.335 e. The van der Waals surface area contributed by atoms with E-state index in [2.05, 4.69) is 5.32 Å². The smallest absolute Gasteiger partial charge is 0.240 e. The summed E-state index contributed by atoms with van der Waals surface area (Å²) in [6.45, 7) is 2.78. The van der Waals surface area contributed by atoms with E-state index >= 15 is 0 Å². The molecule has 2 atom stereocenters. The van der Waals surface area contributed by atoms with Crippen LogP contribution in [-0.2, 0) is 4.79 Å². The maximum Gasteiger partial charge on any atom is 0.240 e. The normalized spacial score (nSPS) is 24.8. The van der Waals surface area contributed by atoms with Gasteiger partial charge in [-0.1, -0.05) is 12.1 Å². The van der Waals surface area contributed by atoms with Gasteiger partial charge in [0.15, 0.2) is 0 Å². The van der Waals surface area contributed by atoms with E-state index in [1.165, 1.54) is 25.0 Å². The Morgan fingerprint density at radius 3 is 2.58 bits per heavy atom. The van der Waals surface area contributed by atoms with E-state index < -0.39 is 0 Å². The fraction of sp³-hybridized carbons (Fsp3) is 0.533. The number of halogens is 1. The summed E-state index contributed by atoms with van der Waals surface area (Å²) in [6.07, 6.45) is 3.26. The van der Waals surface area contributed by atoms with Gasteiger partial charge in [0, 0.05) is 12.6 Å². The minimum absolute atomic E-state index is 0.0131. The SMILES string of the molecule is CC(c1ccc(F)cc1)N1CCC(NC2CC2)C1=O. The summed E-state index contributed by atoms with van der Waals surface area (Å²) in [5.74, 6) is -0.0549. The molecule has 1 aromatic carbocycles. The lowest BCUT2D eigenvalue weighted by molar-refractivity contribution is -0.131. The van der Waals surface area contributed by atoms with Gasteiger partial charge in [0.05, 0.1) is 12.1 Å². The van der Waals surface area contributed by atoms with Crippen LogP contribution in [0.25, 0.3) is 0 Å². The Balaban J connectivity index is 1.68. The van der Waals surface area contributed by atoms with E-state index in [0.717, 1.165) is 18.5 Å². The zero-order valence-electron chi connectivity index (χ0n) is 11.1. The topological polar surface area (TPSA) is 32.3 Å². The third kappa shape index (κ3) is 2.63. The van der Waals surface area contributed by atoms with Crippen LogP contribution in [0, 0.1) is 5.82 Å². The Morgan fingerprint density at radius 1 is 1.26 bits per heavy atom. The summed E-state index contributed by atoms with van der Waals surface area (Å²) in [6, 6.07) is 6.96. The Bertz CT molecular complexity index is 470. The number of hydrogen-bond acceptors (Lipinski definition) is 2. The molecule has 1 saturated carbocycles. The van der Waals surface area contributed by atoms with Gasteiger partial charge < -0.3 is 10.2 Å². The van der Waals surface area contributed by atoms with Gasteiger partial charge in [-0.05, 0) is 43.9 Å². The van der Waals surface area contributed by atoms with Gasteiger partial charge in [0.25, 0.3) is 0 Å². The Morgan fingerprint density at radius 2 is 1.95 bits per heavy atom. The first kappa shape index (κ1) is 12.6. The first-order valence-electron chi connectivity index (χ1n) is 6.97. The number of nitrogens with one attached hydrogen (secondary N) is 1.